The molecule has 6 nitrogen and oxygen atoms in total. The monoisotopic (exact) mass is 516 g/mol. The van der Waals surface area contributed by atoms with Crippen LogP contribution in [0.25, 0.3) is 5.69 Å². The van der Waals surface area contributed by atoms with Gasteiger partial charge in [-0.2, -0.15) is 28.7 Å². The Labute approximate surface area is 189 Å². The molecular formula is C17H8Cl2F6N4O2S. The highest BCUT2D eigenvalue weighted by Gasteiger charge is 2.51. The van der Waals surface area contributed by atoms with Crippen LogP contribution in [0, 0.1) is 22.7 Å². The molecule has 1 aromatic carbocycles. The van der Waals surface area contributed by atoms with Gasteiger partial charge in [-0.05, 0) is 19.1 Å². The number of aliphatic imine (C=N–C) groups is 1. The van der Waals surface area contributed by atoms with E-state index in [4.69, 9.17) is 27.9 Å². The van der Waals surface area contributed by atoms with Crippen molar-refractivity contribution in [3.05, 3.63) is 39.0 Å². The van der Waals surface area contributed by atoms with Crippen molar-refractivity contribution in [3.63, 3.8) is 0 Å². The Morgan fingerprint density at radius 2 is 1.78 bits per heavy atom. The van der Waals surface area contributed by atoms with Crippen LogP contribution in [0.2, 0.25) is 10.0 Å². The van der Waals surface area contributed by atoms with Gasteiger partial charge in [-0.3, -0.25) is 4.57 Å². The van der Waals surface area contributed by atoms with Crippen LogP contribution in [-0.4, -0.2) is 27.6 Å². The van der Waals surface area contributed by atoms with Gasteiger partial charge in [0.2, 0.25) is 4.90 Å². The third kappa shape index (κ3) is 4.76. The Hall–Kier alpha value is -2.58. The van der Waals surface area contributed by atoms with Crippen molar-refractivity contribution in [2.24, 2.45) is 4.99 Å². The van der Waals surface area contributed by atoms with E-state index >= 15 is 0 Å². The Morgan fingerprint density at radius 3 is 2.25 bits per heavy atom. The third-order valence-corrected chi connectivity index (χ3v) is 5.79. The van der Waals surface area contributed by atoms with E-state index in [1.165, 1.54) is 19.1 Å². The van der Waals surface area contributed by atoms with Gasteiger partial charge in [0.25, 0.3) is 0 Å². The lowest BCUT2D eigenvalue weighted by Crippen LogP contribution is -2.23. The molecule has 2 aromatic rings. The van der Waals surface area contributed by atoms with Gasteiger partial charge >= 0.3 is 11.7 Å². The predicted molar refractivity (Wildman–Crippen MR) is 102 cm³/mol. The Kier molecular flexibility index (Phi) is 7.63. The molecule has 170 valence electrons. The topological polar surface area (TPSA) is 97.2 Å². The zero-order valence-corrected chi connectivity index (χ0v) is 17.8. The lowest BCUT2D eigenvalue weighted by atomic mass is 10.2. The summed E-state index contributed by atoms with van der Waals surface area (Å²) in [6.07, 6.45) is -4.25. The van der Waals surface area contributed by atoms with Crippen LogP contribution in [0.5, 0.6) is 0 Å². The maximum atomic E-state index is 13.2. The summed E-state index contributed by atoms with van der Waals surface area (Å²) in [5.41, 5.74) is -8.98. The summed E-state index contributed by atoms with van der Waals surface area (Å²) in [5.74, 6) is -0.861. The minimum absolute atomic E-state index is 0.0188. The number of ether oxygens (including phenoxy) is 1. The summed E-state index contributed by atoms with van der Waals surface area (Å²) < 4.78 is 96.5. The van der Waals surface area contributed by atoms with Crippen molar-refractivity contribution >= 4 is 46.6 Å². The molecule has 2 rings (SSSR count). The number of rotatable bonds is 5. The quantitative estimate of drug-likeness (QED) is 0.215. The van der Waals surface area contributed by atoms with Gasteiger partial charge in [0, 0.05) is 0 Å². The number of nitrogens with zero attached hydrogens (tertiary/aromatic N) is 4. The fraction of sp³-hybridized carbons (Fsp3) is 0.235. The van der Waals surface area contributed by atoms with Crippen LogP contribution in [-0.2, 0) is 22.1 Å². The molecule has 1 heterocycles. The van der Waals surface area contributed by atoms with Crippen molar-refractivity contribution in [2.75, 3.05) is 6.61 Å². The third-order valence-electron chi connectivity index (χ3n) is 3.74. The average molecular weight is 517 g/mol. The molecule has 15 heteroatoms. The first kappa shape index (κ1) is 25.7. The van der Waals surface area contributed by atoms with Crippen molar-refractivity contribution in [3.8, 4) is 17.8 Å². The van der Waals surface area contributed by atoms with Crippen molar-refractivity contribution in [2.45, 2.75) is 23.5 Å². The molecule has 32 heavy (non-hydrogen) atoms. The number of hydrogen-bond acceptors (Lipinski definition) is 5. The van der Waals surface area contributed by atoms with Gasteiger partial charge in [-0.15, -0.1) is 13.2 Å². The lowest BCUT2D eigenvalue weighted by molar-refractivity contribution is -0.137. The summed E-state index contributed by atoms with van der Waals surface area (Å²) >= 11 is 7.81. The van der Waals surface area contributed by atoms with E-state index in [9.17, 15) is 41.4 Å². The SMILES string of the molecule is CCOC=Nc1c([S+]([O-])C(F)(F)F)c(C#N)c(C#N)n1-c1ccc(C(F)(F)F)c(Cl)c1Cl. The summed E-state index contributed by atoms with van der Waals surface area (Å²) in [6, 6.07) is 4.01. The molecule has 1 atom stereocenters. The molecule has 0 aliphatic carbocycles. The molecule has 0 aliphatic rings. The Bertz CT molecular complexity index is 1150. The average Bonchev–Trinajstić information content (AvgIpc) is 3.00. The molecular weight excluding hydrogens is 509 g/mol. The molecule has 0 aliphatic heterocycles. The maximum Gasteiger partial charge on any atom is 0.578 e. The second-order valence-corrected chi connectivity index (χ2v) is 7.76. The first-order valence-corrected chi connectivity index (χ1v) is 9.98. The molecule has 0 N–H and O–H groups in total. The van der Waals surface area contributed by atoms with Crippen LogP contribution in [0.1, 0.15) is 23.7 Å². The van der Waals surface area contributed by atoms with E-state index < -0.39 is 66.1 Å². The maximum absolute atomic E-state index is 13.2. The second-order valence-electron chi connectivity index (χ2n) is 5.60. The number of alkyl halides is 6. The number of aromatic nitrogens is 1. The molecule has 0 saturated carbocycles. The smallest absolute Gasteiger partial charge is 0.578 e. The van der Waals surface area contributed by atoms with E-state index in [1.54, 1.807) is 0 Å². The molecule has 1 aromatic heterocycles. The van der Waals surface area contributed by atoms with E-state index in [0.717, 1.165) is 6.07 Å². The Morgan fingerprint density at radius 1 is 1.16 bits per heavy atom. The van der Waals surface area contributed by atoms with Crippen LogP contribution in [0.15, 0.2) is 22.0 Å². The molecule has 1 unspecified atom stereocenters. The van der Waals surface area contributed by atoms with Crippen molar-refractivity contribution in [1.82, 2.24) is 4.57 Å². The second kappa shape index (κ2) is 9.50. The van der Waals surface area contributed by atoms with Crippen molar-refractivity contribution < 1.29 is 35.6 Å². The summed E-state index contributed by atoms with van der Waals surface area (Å²) in [4.78, 5) is 2.43. The molecule has 0 saturated heterocycles. The first-order chi connectivity index (χ1) is 14.8. The fourth-order valence-electron chi connectivity index (χ4n) is 2.48. The molecule has 0 radical (unpaired) electrons. The first-order valence-electron chi connectivity index (χ1n) is 8.08. The predicted octanol–water partition coefficient (Wildman–Crippen LogP) is 5.87. The van der Waals surface area contributed by atoms with Gasteiger partial charge in [-0.25, -0.2) is 0 Å². The zero-order valence-electron chi connectivity index (χ0n) is 15.5. The molecule has 0 fully saturated rings. The van der Waals surface area contributed by atoms with E-state index in [2.05, 4.69) is 4.99 Å². The molecule has 0 spiro atoms. The van der Waals surface area contributed by atoms with Crippen LogP contribution < -0.4 is 0 Å². The Balaban J connectivity index is 3.01. The van der Waals surface area contributed by atoms with Gasteiger partial charge in [0.1, 0.15) is 34.6 Å². The van der Waals surface area contributed by atoms with Gasteiger partial charge in [0.15, 0.2) is 12.2 Å². The van der Waals surface area contributed by atoms with E-state index in [1.807, 2.05) is 0 Å². The zero-order chi connectivity index (χ0) is 24.4. The van der Waals surface area contributed by atoms with E-state index in [0.29, 0.717) is 17.0 Å². The standard InChI is InChI=1S/C17H8Cl2F6N4O2S/c1-2-31-7-28-15-14(32(30)17(23,24)25)8(5-26)11(6-27)29(15)10-4-3-9(16(20,21)22)12(18)13(10)19/h3-4,7H,2H2,1H3. The fourth-order valence-corrected chi connectivity index (χ4v) is 3.87. The van der Waals surface area contributed by atoms with E-state index in [-0.39, 0.29) is 6.61 Å². The van der Waals surface area contributed by atoms with Crippen LogP contribution in [0.3, 0.4) is 0 Å². The molecule has 0 amide bonds. The largest absolute Gasteiger partial charge is 0.604 e. The highest BCUT2D eigenvalue weighted by Crippen LogP contribution is 2.46. The van der Waals surface area contributed by atoms with Crippen molar-refractivity contribution in [1.29, 1.82) is 10.5 Å². The highest BCUT2D eigenvalue weighted by molar-refractivity contribution is 7.92. The van der Waals surface area contributed by atoms with Crippen LogP contribution >= 0.6 is 23.2 Å². The number of benzene rings is 1. The summed E-state index contributed by atoms with van der Waals surface area (Å²) in [7, 11) is 0. The minimum Gasteiger partial charge on any atom is -0.604 e. The normalized spacial score (nSPS) is 13.1. The minimum atomic E-state index is -5.36. The summed E-state index contributed by atoms with van der Waals surface area (Å²) in [5, 5.41) is 17.1. The molecule has 0 bridgehead atoms. The van der Waals surface area contributed by atoms with Crippen LogP contribution in [0.4, 0.5) is 32.2 Å². The van der Waals surface area contributed by atoms with Gasteiger partial charge < -0.3 is 9.29 Å². The number of halogens is 8. The lowest BCUT2D eigenvalue weighted by Gasteiger charge is -2.16. The summed E-state index contributed by atoms with van der Waals surface area (Å²) in [6.45, 7) is 1.53. The van der Waals surface area contributed by atoms with Gasteiger partial charge in [0.05, 0.1) is 27.9 Å². The number of hydrogen-bond donors (Lipinski definition) is 0. The van der Waals surface area contributed by atoms with Gasteiger partial charge in [-0.1, -0.05) is 23.2 Å². The highest BCUT2D eigenvalue weighted by atomic mass is 35.5. The number of nitriles is 2.